The molecule has 0 radical (unpaired) electrons. The highest BCUT2D eigenvalue weighted by Crippen LogP contribution is 2.44. The summed E-state index contributed by atoms with van der Waals surface area (Å²) in [6.07, 6.45) is 1.53. The van der Waals surface area contributed by atoms with E-state index < -0.39 is 68.7 Å². The molecule has 0 heterocycles. The van der Waals surface area contributed by atoms with Gasteiger partial charge in [-0.1, -0.05) is 81.4 Å². The zero-order valence-corrected chi connectivity index (χ0v) is 46.2. The summed E-state index contributed by atoms with van der Waals surface area (Å²) >= 11 is 0. The summed E-state index contributed by atoms with van der Waals surface area (Å²) in [7, 11) is 1.29. The maximum Gasteiger partial charge on any atom is 0.334 e. The van der Waals surface area contributed by atoms with E-state index in [9.17, 15) is 44.4 Å². The van der Waals surface area contributed by atoms with Crippen molar-refractivity contribution in [1.82, 2.24) is 0 Å². The third-order valence-corrected chi connectivity index (χ3v) is 14.4. The van der Waals surface area contributed by atoms with Gasteiger partial charge in [-0.3, -0.25) is 0 Å². The molecule has 4 unspecified atom stereocenters. The van der Waals surface area contributed by atoms with Crippen LogP contribution in [-0.2, 0) is 56.5 Å². The standard InChI is InChI=1S/C50H54O16.C9H18O4Si/c1-5-45(55)63-29-37(51)25-59-41-17-9-33(10-18-41)49(34-11-19-42(20-12-34)60-26-38(52)30-64-46(56)6-2)50(35-13-21-43(22-14-35)61-27-39(53)31-65-47(57)7-3)36-15-23-44(24-16-36)62-28-40(54)32-66-48(58)8-4;1-5-9(10)13-7-6-8-14(4,11-2)12-3/h5-24,37-40,49-54H,1-4,25-32H2;5H,1,6-8H2,2-4H3. The van der Waals surface area contributed by atoms with Gasteiger partial charge in [0.2, 0.25) is 0 Å². The van der Waals surface area contributed by atoms with E-state index in [0.717, 1.165) is 65.1 Å². The van der Waals surface area contributed by atoms with Crippen molar-refractivity contribution < 1.29 is 95.9 Å². The first kappa shape index (κ1) is 66.4. The molecule has 0 aliphatic rings. The number of esters is 5. The second-order valence-electron chi connectivity index (χ2n) is 17.4. The van der Waals surface area contributed by atoms with Crippen LogP contribution in [0.15, 0.2) is 160 Å². The monoisotopic (exact) mass is 1130 g/mol. The van der Waals surface area contributed by atoms with Crippen LogP contribution in [0.1, 0.15) is 40.5 Å². The lowest BCUT2D eigenvalue weighted by molar-refractivity contribution is -0.142. The number of aliphatic hydroxyl groups is 4. The topological polar surface area (TPSA) is 268 Å². The van der Waals surface area contributed by atoms with Gasteiger partial charge in [0.15, 0.2) is 0 Å². The smallest absolute Gasteiger partial charge is 0.334 e. The molecule has 4 rings (SSSR count). The van der Waals surface area contributed by atoms with Gasteiger partial charge in [0.1, 0.15) is 100 Å². The number of ether oxygens (including phenoxy) is 9. The van der Waals surface area contributed by atoms with Gasteiger partial charge in [0.25, 0.3) is 0 Å². The Bertz CT molecular complexity index is 2250. The van der Waals surface area contributed by atoms with Crippen LogP contribution < -0.4 is 18.9 Å². The molecule has 4 aromatic carbocycles. The average molecular weight is 1130 g/mol. The summed E-state index contributed by atoms with van der Waals surface area (Å²) in [5.74, 6) is -2.13. The second-order valence-corrected chi connectivity index (χ2v) is 21.0. The van der Waals surface area contributed by atoms with Gasteiger partial charge < -0.3 is 71.9 Å². The minimum Gasteiger partial charge on any atom is -0.491 e. The van der Waals surface area contributed by atoms with Crippen molar-refractivity contribution in [3.63, 3.8) is 0 Å². The molecule has 21 heteroatoms. The Labute approximate surface area is 467 Å². The predicted molar refractivity (Wildman–Crippen MR) is 296 cm³/mol. The predicted octanol–water partition coefficient (Wildman–Crippen LogP) is 6.00. The van der Waals surface area contributed by atoms with Crippen molar-refractivity contribution in [2.75, 3.05) is 73.7 Å². The highest BCUT2D eigenvalue weighted by atomic mass is 28.4. The van der Waals surface area contributed by atoms with Crippen LogP contribution in [0.4, 0.5) is 0 Å². The Morgan fingerprint density at radius 2 is 0.625 bits per heavy atom. The highest BCUT2D eigenvalue weighted by Gasteiger charge is 2.30. The summed E-state index contributed by atoms with van der Waals surface area (Å²) in [6, 6.07) is 29.9. The maximum atomic E-state index is 11.5. The van der Waals surface area contributed by atoms with Crippen LogP contribution in [0.3, 0.4) is 0 Å². The first-order valence-corrected chi connectivity index (χ1v) is 27.6. The Kier molecular flexibility index (Phi) is 30.1. The number of carbonyl (C=O) groups is 5. The molecule has 0 bridgehead atoms. The molecule has 0 spiro atoms. The van der Waals surface area contributed by atoms with Gasteiger partial charge in [0.05, 0.1) is 6.61 Å². The highest BCUT2D eigenvalue weighted by molar-refractivity contribution is 6.65. The van der Waals surface area contributed by atoms with E-state index in [1.165, 1.54) is 0 Å². The Morgan fingerprint density at radius 3 is 0.838 bits per heavy atom. The molecular weight excluding hydrogens is 1060 g/mol. The summed E-state index contributed by atoms with van der Waals surface area (Å²) in [6.45, 7) is 17.3. The van der Waals surface area contributed by atoms with Crippen LogP contribution in [0, 0.1) is 0 Å². The van der Waals surface area contributed by atoms with Crippen LogP contribution in [0.2, 0.25) is 12.6 Å². The van der Waals surface area contributed by atoms with Gasteiger partial charge in [-0.05, 0) is 89.8 Å². The van der Waals surface area contributed by atoms with E-state index in [-0.39, 0.29) is 58.8 Å². The number of hydrogen-bond acceptors (Lipinski definition) is 20. The number of hydrogen-bond donors (Lipinski definition) is 4. The summed E-state index contributed by atoms with van der Waals surface area (Å²) < 4.78 is 58.3. The molecule has 20 nitrogen and oxygen atoms in total. The van der Waals surface area contributed by atoms with Crippen molar-refractivity contribution in [3.8, 4) is 23.0 Å². The molecule has 432 valence electrons. The normalized spacial score (nSPS) is 13.0. The first-order chi connectivity index (χ1) is 38.4. The van der Waals surface area contributed by atoms with Gasteiger partial charge in [-0.15, -0.1) is 0 Å². The number of benzene rings is 4. The quantitative estimate of drug-likeness (QED) is 0.0134. The van der Waals surface area contributed by atoms with Gasteiger partial charge >= 0.3 is 38.4 Å². The largest absolute Gasteiger partial charge is 0.491 e. The fraction of sp³-hybridized carbons (Fsp3) is 0.339. The van der Waals surface area contributed by atoms with Crippen molar-refractivity contribution in [1.29, 1.82) is 0 Å². The molecule has 0 amide bonds. The number of carbonyl (C=O) groups excluding carboxylic acids is 5. The molecular formula is C59H72O20Si. The molecule has 0 aromatic heterocycles. The molecule has 80 heavy (non-hydrogen) atoms. The molecule has 0 saturated carbocycles. The van der Waals surface area contributed by atoms with Crippen LogP contribution >= 0.6 is 0 Å². The lowest BCUT2D eigenvalue weighted by Gasteiger charge is -2.30. The zero-order chi connectivity index (χ0) is 58.9. The van der Waals surface area contributed by atoms with Crippen LogP contribution in [0.25, 0.3) is 0 Å². The van der Waals surface area contributed by atoms with E-state index >= 15 is 0 Å². The van der Waals surface area contributed by atoms with Crippen molar-refractivity contribution >= 4 is 38.4 Å². The van der Waals surface area contributed by atoms with E-state index in [4.69, 9.17) is 51.5 Å². The summed E-state index contributed by atoms with van der Waals surface area (Å²) in [5, 5.41) is 41.3. The Hall–Kier alpha value is -7.89. The zero-order valence-electron chi connectivity index (χ0n) is 45.2. The Balaban J connectivity index is 0.00000105. The van der Waals surface area contributed by atoms with Gasteiger partial charge in [0, 0.05) is 56.4 Å². The third kappa shape index (κ3) is 24.8. The van der Waals surface area contributed by atoms with E-state index in [1.54, 1.807) is 62.8 Å². The number of rotatable bonds is 36. The van der Waals surface area contributed by atoms with Crippen molar-refractivity contribution in [2.24, 2.45) is 0 Å². The maximum absolute atomic E-state index is 11.5. The van der Waals surface area contributed by atoms with E-state index in [0.29, 0.717) is 29.6 Å². The van der Waals surface area contributed by atoms with Crippen LogP contribution in [-0.4, -0.2) is 157 Å². The molecule has 0 aliphatic heterocycles. The van der Waals surface area contributed by atoms with Gasteiger partial charge in [-0.2, -0.15) is 0 Å². The summed E-state index contributed by atoms with van der Waals surface area (Å²) in [5.41, 5.74) is 3.37. The SMILES string of the molecule is C=CC(=O)OCC(O)COc1ccc(C(c2ccc(OCC(O)COC(=O)C=C)cc2)C(c2ccc(OCC(O)COC(=O)C=C)cc2)c2ccc(OCC(O)COC(=O)C=C)cc2)cc1.C=CC(=O)OCCC[Si](C)(OC)OC. The second kappa shape index (κ2) is 36.3. The summed E-state index contributed by atoms with van der Waals surface area (Å²) in [4.78, 5) is 56.5. The lowest BCUT2D eigenvalue weighted by Crippen LogP contribution is -2.36. The number of aliphatic hydroxyl groups excluding tert-OH is 4. The average Bonchev–Trinajstić information content (AvgIpc) is 3.49. The fourth-order valence-electron chi connectivity index (χ4n) is 7.06. The first-order valence-electron chi connectivity index (χ1n) is 25.1. The molecule has 4 aromatic rings. The molecule has 4 N–H and O–H groups in total. The minimum atomic E-state index is -2.00. The molecule has 4 atom stereocenters. The van der Waals surface area contributed by atoms with Crippen molar-refractivity contribution in [2.45, 2.75) is 55.3 Å². The van der Waals surface area contributed by atoms with Crippen LogP contribution in [0.5, 0.6) is 23.0 Å². The lowest BCUT2D eigenvalue weighted by atomic mass is 9.73. The third-order valence-electron chi connectivity index (χ3n) is 11.4. The molecule has 0 saturated heterocycles. The minimum absolute atomic E-state index is 0.153. The van der Waals surface area contributed by atoms with E-state index in [1.807, 2.05) is 55.1 Å². The molecule has 0 fully saturated rings. The van der Waals surface area contributed by atoms with Gasteiger partial charge in [-0.25, -0.2) is 24.0 Å². The Morgan fingerprint density at radius 1 is 0.400 bits per heavy atom. The van der Waals surface area contributed by atoms with Crippen molar-refractivity contribution in [3.05, 3.63) is 183 Å². The van der Waals surface area contributed by atoms with E-state index in [2.05, 4.69) is 32.9 Å². The molecule has 0 aliphatic carbocycles. The fourth-order valence-corrected chi connectivity index (χ4v) is 8.43.